The van der Waals surface area contributed by atoms with Gasteiger partial charge in [0.2, 0.25) is 0 Å². The summed E-state index contributed by atoms with van der Waals surface area (Å²) >= 11 is 6.30. The molecule has 0 radical (unpaired) electrons. The zero-order valence-electron chi connectivity index (χ0n) is 13.3. The average Bonchev–Trinajstić information content (AvgIpc) is 2.91. The Balaban J connectivity index is 2.10. The van der Waals surface area contributed by atoms with Crippen LogP contribution in [0.4, 0.5) is 5.69 Å². The SMILES string of the molecule is COc1ccc(CN2C(=O)C(=C(C#N)C#N)c3cccc(Cl)c32)cc1. The summed E-state index contributed by atoms with van der Waals surface area (Å²) in [5.41, 5.74) is 1.77. The Bertz CT molecular complexity index is 950. The van der Waals surface area contributed by atoms with Crippen molar-refractivity contribution in [3.05, 3.63) is 64.2 Å². The van der Waals surface area contributed by atoms with Gasteiger partial charge in [-0.15, -0.1) is 0 Å². The molecule has 1 aliphatic rings. The van der Waals surface area contributed by atoms with E-state index < -0.39 is 5.91 Å². The second-order valence-electron chi connectivity index (χ2n) is 5.35. The highest BCUT2D eigenvalue weighted by Gasteiger charge is 2.36. The van der Waals surface area contributed by atoms with Crippen molar-refractivity contribution in [1.29, 1.82) is 10.5 Å². The van der Waals surface area contributed by atoms with Crippen LogP contribution in [0.3, 0.4) is 0 Å². The molecule has 2 aromatic rings. The molecule has 0 unspecified atom stereocenters. The Kier molecular flexibility index (Phi) is 4.43. The molecule has 0 N–H and O–H groups in total. The molecule has 1 amide bonds. The monoisotopic (exact) mass is 349 g/mol. The molecule has 0 spiro atoms. The molecule has 0 fully saturated rings. The number of nitrogens with zero attached hydrogens (tertiary/aromatic N) is 3. The van der Waals surface area contributed by atoms with E-state index in [-0.39, 0.29) is 17.7 Å². The molecular formula is C19H12ClN3O2. The molecule has 0 aromatic heterocycles. The molecule has 5 nitrogen and oxygen atoms in total. The number of amides is 1. The van der Waals surface area contributed by atoms with Crippen LogP contribution in [0.1, 0.15) is 11.1 Å². The lowest BCUT2D eigenvalue weighted by Gasteiger charge is -2.18. The summed E-state index contributed by atoms with van der Waals surface area (Å²) in [7, 11) is 1.58. The van der Waals surface area contributed by atoms with E-state index in [9.17, 15) is 15.3 Å². The number of rotatable bonds is 3. The molecule has 1 heterocycles. The van der Waals surface area contributed by atoms with Crippen LogP contribution >= 0.6 is 11.6 Å². The number of carbonyl (C=O) groups is 1. The van der Waals surface area contributed by atoms with Crippen LogP contribution in [0, 0.1) is 22.7 Å². The van der Waals surface area contributed by atoms with Gasteiger partial charge in [0.15, 0.2) is 0 Å². The number of benzene rings is 2. The van der Waals surface area contributed by atoms with Crippen LogP contribution in [0.15, 0.2) is 48.0 Å². The molecule has 0 atom stereocenters. The summed E-state index contributed by atoms with van der Waals surface area (Å²) in [6.07, 6.45) is 0. The van der Waals surface area contributed by atoms with Gasteiger partial charge in [-0.3, -0.25) is 4.79 Å². The van der Waals surface area contributed by atoms with Crippen molar-refractivity contribution in [1.82, 2.24) is 0 Å². The van der Waals surface area contributed by atoms with Crippen molar-refractivity contribution in [2.75, 3.05) is 12.0 Å². The van der Waals surface area contributed by atoms with Crippen LogP contribution < -0.4 is 9.64 Å². The number of ether oxygens (including phenoxy) is 1. The average molecular weight is 350 g/mol. The standard InChI is InChI=1S/C19H12ClN3O2/c1-25-14-7-5-12(6-8-14)11-23-18-15(3-2-4-16(18)20)17(19(23)24)13(9-21)10-22/h2-8H,11H2,1H3. The Morgan fingerprint density at radius 1 is 1.16 bits per heavy atom. The van der Waals surface area contributed by atoms with E-state index in [1.54, 1.807) is 49.6 Å². The fourth-order valence-corrected chi connectivity index (χ4v) is 3.06. The van der Waals surface area contributed by atoms with Crippen LogP contribution in [0.25, 0.3) is 5.57 Å². The topological polar surface area (TPSA) is 77.1 Å². The Morgan fingerprint density at radius 2 is 1.84 bits per heavy atom. The fraction of sp³-hybridized carbons (Fsp3) is 0.105. The zero-order chi connectivity index (χ0) is 18.0. The highest BCUT2D eigenvalue weighted by molar-refractivity contribution is 6.40. The number of methoxy groups -OCH3 is 1. The van der Waals surface area contributed by atoms with Crippen molar-refractivity contribution in [2.24, 2.45) is 0 Å². The van der Waals surface area contributed by atoms with E-state index in [1.165, 1.54) is 4.90 Å². The first-order chi connectivity index (χ1) is 12.1. The van der Waals surface area contributed by atoms with Crippen LogP contribution in [-0.2, 0) is 11.3 Å². The lowest BCUT2D eigenvalue weighted by Crippen LogP contribution is -2.26. The summed E-state index contributed by atoms with van der Waals surface area (Å²) in [5, 5.41) is 18.8. The minimum absolute atomic E-state index is 0.0935. The smallest absolute Gasteiger partial charge is 0.261 e. The summed E-state index contributed by atoms with van der Waals surface area (Å²) in [6.45, 7) is 0.271. The van der Waals surface area contributed by atoms with E-state index in [0.29, 0.717) is 22.0 Å². The number of fused-ring (bicyclic) bond motifs is 1. The van der Waals surface area contributed by atoms with Crippen LogP contribution in [-0.4, -0.2) is 13.0 Å². The lowest BCUT2D eigenvalue weighted by atomic mass is 10.0. The van der Waals surface area contributed by atoms with E-state index in [0.717, 1.165) is 5.56 Å². The van der Waals surface area contributed by atoms with Crippen LogP contribution in [0.2, 0.25) is 5.02 Å². The molecular weight excluding hydrogens is 338 g/mol. The predicted octanol–water partition coefficient (Wildman–Crippen LogP) is 3.70. The normalized spacial score (nSPS) is 12.4. The highest BCUT2D eigenvalue weighted by Crippen LogP contribution is 2.43. The second kappa shape index (κ2) is 6.68. The molecule has 0 saturated heterocycles. The maximum atomic E-state index is 12.9. The summed E-state index contributed by atoms with van der Waals surface area (Å²) in [5.74, 6) is 0.309. The predicted molar refractivity (Wildman–Crippen MR) is 93.8 cm³/mol. The van der Waals surface area contributed by atoms with E-state index in [2.05, 4.69) is 0 Å². The first-order valence-electron chi connectivity index (χ1n) is 7.39. The minimum Gasteiger partial charge on any atom is -0.497 e. The van der Waals surface area contributed by atoms with Crippen molar-refractivity contribution in [2.45, 2.75) is 6.54 Å². The number of nitriles is 2. The number of hydrogen-bond donors (Lipinski definition) is 0. The molecule has 0 saturated carbocycles. The van der Waals surface area contributed by atoms with Crippen molar-refractivity contribution < 1.29 is 9.53 Å². The summed E-state index contributed by atoms with van der Waals surface area (Å²) in [6, 6.07) is 15.9. The minimum atomic E-state index is -0.406. The number of para-hydroxylation sites is 1. The first-order valence-corrected chi connectivity index (χ1v) is 7.76. The molecule has 2 aromatic carbocycles. The zero-order valence-corrected chi connectivity index (χ0v) is 14.0. The third-order valence-electron chi connectivity index (χ3n) is 3.96. The van der Waals surface area contributed by atoms with Crippen molar-refractivity contribution in [3.8, 4) is 17.9 Å². The van der Waals surface area contributed by atoms with Crippen molar-refractivity contribution in [3.63, 3.8) is 0 Å². The van der Waals surface area contributed by atoms with Gasteiger partial charge in [0, 0.05) is 5.56 Å². The number of carbonyl (C=O) groups excluding carboxylic acids is 1. The lowest BCUT2D eigenvalue weighted by molar-refractivity contribution is -0.113. The van der Waals surface area contributed by atoms with Gasteiger partial charge in [0.25, 0.3) is 5.91 Å². The Hall–Kier alpha value is -3.28. The largest absolute Gasteiger partial charge is 0.497 e. The van der Waals surface area contributed by atoms with E-state index in [1.807, 2.05) is 12.1 Å². The third kappa shape index (κ3) is 2.82. The fourth-order valence-electron chi connectivity index (χ4n) is 2.79. The molecule has 0 bridgehead atoms. The summed E-state index contributed by atoms with van der Waals surface area (Å²) in [4.78, 5) is 14.4. The summed E-state index contributed by atoms with van der Waals surface area (Å²) < 4.78 is 5.13. The van der Waals surface area contributed by atoms with Gasteiger partial charge < -0.3 is 9.64 Å². The van der Waals surface area contributed by atoms with Gasteiger partial charge in [0.05, 0.1) is 29.9 Å². The number of allylic oxidation sites excluding steroid dienone is 1. The molecule has 1 aliphatic heterocycles. The molecule has 0 aliphatic carbocycles. The third-order valence-corrected chi connectivity index (χ3v) is 4.26. The maximum Gasteiger partial charge on any atom is 0.261 e. The molecule has 122 valence electrons. The second-order valence-corrected chi connectivity index (χ2v) is 5.76. The van der Waals surface area contributed by atoms with Gasteiger partial charge in [-0.2, -0.15) is 10.5 Å². The molecule has 3 rings (SSSR count). The Morgan fingerprint density at radius 3 is 2.44 bits per heavy atom. The first kappa shape index (κ1) is 16.6. The van der Waals surface area contributed by atoms with Gasteiger partial charge in [-0.1, -0.05) is 35.9 Å². The van der Waals surface area contributed by atoms with E-state index in [4.69, 9.17) is 16.3 Å². The highest BCUT2D eigenvalue weighted by atomic mass is 35.5. The molecule has 6 heteroatoms. The van der Waals surface area contributed by atoms with Gasteiger partial charge in [-0.05, 0) is 23.8 Å². The van der Waals surface area contributed by atoms with Crippen LogP contribution in [0.5, 0.6) is 5.75 Å². The van der Waals surface area contributed by atoms with Gasteiger partial charge >= 0.3 is 0 Å². The number of anilines is 1. The number of hydrogen-bond acceptors (Lipinski definition) is 4. The number of halogens is 1. The van der Waals surface area contributed by atoms with Crippen molar-refractivity contribution >= 4 is 28.8 Å². The molecule has 25 heavy (non-hydrogen) atoms. The maximum absolute atomic E-state index is 12.9. The van der Waals surface area contributed by atoms with E-state index >= 15 is 0 Å². The quantitative estimate of drug-likeness (QED) is 0.625. The Labute approximate surface area is 149 Å². The van der Waals surface area contributed by atoms with Gasteiger partial charge in [0.1, 0.15) is 23.5 Å². The van der Waals surface area contributed by atoms with Gasteiger partial charge in [-0.25, -0.2) is 0 Å².